The van der Waals surface area contributed by atoms with Crippen LogP contribution in [0, 0.1) is 25.2 Å². The summed E-state index contributed by atoms with van der Waals surface area (Å²) in [5.41, 5.74) is -1.36. The van der Waals surface area contributed by atoms with Crippen molar-refractivity contribution in [1.29, 1.82) is 1.43 Å². The zero-order valence-electron chi connectivity index (χ0n) is 28.6. The molecule has 0 radical (unpaired) electrons. The molecule has 1 unspecified atom stereocenters. The molecule has 0 amide bonds. The van der Waals surface area contributed by atoms with Gasteiger partial charge in [0.25, 0.3) is 0 Å². The highest BCUT2D eigenvalue weighted by Crippen LogP contribution is 2.78. The van der Waals surface area contributed by atoms with Gasteiger partial charge in [-0.3, -0.25) is 4.79 Å². The van der Waals surface area contributed by atoms with Gasteiger partial charge in [-0.25, -0.2) is 0 Å². The van der Waals surface area contributed by atoms with Gasteiger partial charge in [0.1, 0.15) is 17.2 Å². The molecule has 0 aromatic heterocycles. The molecule has 1 saturated heterocycles. The molecule has 2 saturated carbocycles. The Hall–Kier alpha value is -1.59. The second kappa shape index (κ2) is 6.94. The van der Waals surface area contributed by atoms with Crippen LogP contribution >= 0.6 is 0 Å². The van der Waals surface area contributed by atoms with Crippen LogP contribution in [-0.2, 0) is 15.6 Å². The first-order chi connectivity index (χ1) is 18.7. The summed E-state index contributed by atoms with van der Waals surface area (Å²) >= 11 is 0. The average Bonchev–Trinajstić information content (AvgIpc) is 3.62. The number of carbonyl (C=O) groups is 1. The number of benzene rings is 1. The van der Waals surface area contributed by atoms with Crippen molar-refractivity contribution >= 4 is 5.78 Å². The number of quaternary nitrogens is 1. The summed E-state index contributed by atoms with van der Waals surface area (Å²) < 4.78 is 50.6. The van der Waals surface area contributed by atoms with Gasteiger partial charge in [0.05, 0.1) is 26.5 Å². The quantitative estimate of drug-likeness (QED) is 0.526. The lowest BCUT2D eigenvalue weighted by Gasteiger charge is -2.80. The minimum Gasteiger partial charge on any atom is -0.493 e. The van der Waals surface area contributed by atoms with Crippen LogP contribution in [0.2, 0.25) is 0 Å². The number of piperidine rings is 1. The van der Waals surface area contributed by atoms with E-state index in [1.54, 1.807) is 7.11 Å². The zero-order valence-corrected chi connectivity index (χ0v) is 24.6. The minimum absolute atomic E-state index is 0.102. The Kier molecular flexibility index (Phi) is 3.99. The van der Waals surface area contributed by atoms with Crippen molar-refractivity contribution in [2.24, 2.45) is 11.3 Å². The summed E-state index contributed by atoms with van der Waals surface area (Å²) in [5.74, 6) is 0.444. The predicted molar refractivity (Wildman–Crippen MR) is 145 cm³/mol. The monoisotopic (exact) mass is 514 g/mol. The van der Waals surface area contributed by atoms with Gasteiger partial charge in [-0.05, 0) is 91.3 Å². The highest BCUT2D eigenvalue weighted by atomic mass is 16.5. The largest absolute Gasteiger partial charge is 0.493 e. The number of rotatable bonds is 5. The topological polar surface area (TPSA) is 55.8 Å². The summed E-state index contributed by atoms with van der Waals surface area (Å²) in [4.78, 5) is 14.4. The third-order valence-corrected chi connectivity index (χ3v) is 12.4. The van der Waals surface area contributed by atoms with E-state index in [0.29, 0.717) is 21.9 Å². The molecular formula is C32H48NO4+. The molecule has 2 heterocycles. The van der Waals surface area contributed by atoms with E-state index >= 15 is 0 Å². The highest BCUT2D eigenvalue weighted by molar-refractivity contribution is 5.91. The van der Waals surface area contributed by atoms with Gasteiger partial charge >= 0.3 is 0 Å². The lowest BCUT2D eigenvalue weighted by molar-refractivity contribution is -1.04. The Labute approximate surface area is 229 Å². The number of hydrogen-bond acceptors (Lipinski definition) is 4. The number of carbonyl (C=O) groups excluding carboxylic acids is 1. The third kappa shape index (κ3) is 2.34. The van der Waals surface area contributed by atoms with E-state index in [2.05, 4.69) is 62.3 Å². The fourth-order valence-corrected chi connectivity index (χ4v) is 10.4. The Morgan fingerprint density at radius 2 is 1.81 bits per heavy atom. The fraction of sp³-hybridized carbons (Fsp3) is 0.781. The first kappa shape index (κ1) is 21.3. The molecule has 3 aliphatic carbocycles. The van der Waals surface area contributed by atoms with E-state index in [9.17, 15) is 6.17 Å². The summed E-state index contributed by atoms with van der Waals surface area (Å²) in [6.07, 6.45) is -2.79. The van der Waals surface area contributed by atoms with Gasteiger partial charge in [0.2, 0.25) is 1.43 Å². The van der Waals surface area contributed by atoms with Gasteiger partial charge in [-0.15, -0.1) is 0 Å². The molecular weight excluding hydrogens is 462 g/mol. The second-order valence-corrected chi connectivity index (χ2v) is 14.6. The molecule has 37 heavy (non-hydrogen) atoms. The average molecular weight is 515 g/mol. The molecule has 204 valence electrons. The van der Waals surface area contributed by atoms with Crippen LogP contribution in [-0.4, -0.2) is 59.8 Å². The summed E-state index contributed by atoms with van der Waals surface area (Å²) in [6, 6.07) is -0.331. The Morgan fingerprint density at radius 1 is 1.16 bits per heavy atom. The first-order valence-electron chi connectivity index (χ1n) is 16.1. The van der Waals surface area contributed by atoms with Crippen molar-refractivity contribution in [3.8, 4) is 11.5 Å². The Bertz CT molecular complexity index is 1380. The van der Waals surface area contributed by atoms with E-state index in [1.807, 2.05) is 6.92 Å². The molecule has 1 N–H and O–H groups in total. The molecule has 2 bridgehead atoms. The number of Topliss-reactive ketones (excluding diaryl/α,β-unsaturated/α-hetero) is 1. The van der Waals surface area contributed by atoms with Crippen molar-refractivity contribution in [2.45, 2.75) is 135 Å². The van der Waals surface area contributed by atoms with Gasteiger partial charge in [-0.2, -0.15) is 0 Å². The van der Waals surface area contributed by atoms with Crippen LogP contribution in [0.15, 0.2) is 0 Å². The first-order valence-corrected chi connectivity index (χ1v) is 14.1. The van der Waals surface area contributed by atoms with Crippen LogP contribution in [0.4, 0.5) is 0 Å². The molecule has 1 spiro atoms. The Balaban J connectivity index is 1.94. The smallest absolute Gasteiger partial charge is 0.211 e. The van der Waals surface area contributed by atoms with Crippen molar-refractivity contribution in [2.75, 3.05) is 13.7 Å². The van der Waals surface area contributed by atoms with Crippen molar-refractivity contribution in [3.05, 3.63) is 22.3 Å². The van der Waals surface area contributed by atoms with E-state index in [-0.39, 0.29) is 12.5 Å². The lowest BCUT2D eigenvalue weighted by atomic mass is 9.33. The van der Waals surface area contributed by atoms with E-state index < -0.39 is 51.7 Å². The van der Waals surface area contributed by atoms with Crippen LogP contribution in [0.5, 0.6) is 11.5 Å². The molecule has 3 fully saturated rings. The predicted octanol–water partition coefficient (Wildman–Crippen LogP) is 5.52. The van der Waals surface area contributed by atoms with Crippen LogP contribution in [0.25, 0.3) is 0 Å². The lowest BCUT2D eigenvalue weighted by Crippen LogP contribution is -2.95. The zero-order chi connectivity index (χ0) is 30.7. The number of nitrogens with zero attached hydrogens (tertiary/aromatic N) is 1. The molecule has 2 aliphatic heterocycles. The van der Waals surface area contributed by atoms with Crippen molar-refractivity contribution in [1.82, 2.24) is 0 Å². The molecule has 5 nitrogen and oxygen atoms in total. The molecule has 6 rings (SSSR count). The number of hydrogen-bond donors (Lipinski definition) is 1. The van der Waals surface area contributed by atoms with Crippen LogP contribution in [0.1, 0.15) is 107 Å². The number of ketones is 1. The minimum atomic E-state index is -2.43. The molecule has 1 aromatic rings. The van der Waals surface area contributed by atoms with E-state index in [1.165, 1.54) is 0 Å². The maximum Gasteiger partial charge on any atom is 0.211 e. The van der Waals surface area contributed by atoms with Crippen molar-refractivity contribution < 1.29 is 28.0 Å². The van der Waals surface area contributed by atoms with E-state index in [0.717, 1.165) is 41.6 Å². The molecule has 5 aliphatic rings. The third-order valence-electron chi connectivity index (χ3n) is 12.4. The molecule has 1 aromatic carbocycles. The normalized spacial score (nSPS) is 44.8. The van der Waals surface area contributed by atoms with Crippen LogP contribution in [0.3, 0.4) is 0 Å². The van der Waals surface area contributed by atoms with Gasteiger partial charge in [0, 0.05) is 31.4 Å². The Morgan fingerprint density at radius 3 is 2.35 bits per heavy atom. The number of aliphatic hydroxyl groups is 1. The SMILES string of the molecule is [2H]O[C@]12CC([2H])([2H])C(=O)[C@]3([2H])Oc4c(OC)c(C)c(C)c5c4[C@@]31C(C)(C)C(C)(C)[N+](CC1CC1)(C(C)C)[C@@H]2C5(C)C. The van der Waals surface area contributed by atoms with E-state index in [4.69, 9.17) is 18.8 Å². The van der Waals surface area contributed by atoms with Gasteiger partial charge in [-0.1, -0.05) is 13.8 Å². The van der Waals surface area contributed by atoms with Crippen molar-refractivity contribution in [3.63, 3.8) is 0 Å². The number of likely N-dealkylation sites (tertiary alicyclic amines) is 1. The summed E-state index contributed by atoms with van der Waals surface area (Å²) in [6.45, 7) is 22.7. The van der Waals surface area contributed by atoms with Gasteiger partial charge < -0.3 is 19.1 Å². The number of ether oxygens (including phenoxy) is 2. The number of methoxy groups -OCH3 is 1. The standard InChI is InChI=1S/C32H48NO4/c1-17(2)33(16-20-12-13-20)27-28(5,6)22-18(3)19(4)24(36-11)25-23(22)32(29(7,8)30(33,9)10)26(37-25)21(34)14-15-31(27,32)35/h17,20,26-27,35H,12-16H2,1-11H3/q+1/t26-,27+,31-,32-,33?/m0/s1/i14D2,26D,35D. The summed E-state index contributed by atoms with van der Waals surface area (Å²) in [5, 5.41) is 6.17. The van der Waals surface area contributed by atoms with Crippen LogP contribution < -0.4 is 9.47 Å². The highest BCUT2D eigenvalue weighted by Gasteiger charge is 2.89. The molecule has 5 atom stereocenters. The maximum absolute atomic E-state index is 14.4. The fourth-order valence-electron chi connectivity index (χ4n) is 10.4. The summed E-state index contributed by atoms with van der Waals surface area (Å²) in [7, 11) is 1.57. The van der Waals surface area contributed by atoms with Gasteiger partial charge in [0.15, 0.2) is 23.4 Å². The maximum atomic E-state index is 14.4. The molecule has 5 heteroatoms. The second-order valence-electron chi connectivity index (χ2n) is 14.6.